The van der Waals surface area contributed by atoms with E-state index in [0.29, 0.717) is 0 Å². The molecule has 4 heteroatoms. The van der Waals surface area contributed by atoms with Crippen molar-refractivity contribution in [3.05, 3.63) is 40.4 Å². The molecular formula is C8H6N2OS. The first kappa shape index (κ1) is 7.24. The van der Waals surface area contributed by atoms with Crippen molar-refractivity contribution in [3.8, 4) is 10.4 Å². The molecule has 2 rings (SSSR count). The molecular weight excluding hydrogens is 172 g/mol. The van der Waals surface area contributed by atoms with Crippen LogP contribution in [0.3, 0.4) is 0 Å². The number of pyridine rings is 1. The summed E-state index contributed by atoms with van der Waals surface area (Å²) in [7, 11) is 0. The molecule has 3 nitrogen and oxygen atoms in total. The zero-order valence-corrected chi connectivity index (χ0v) is 6.97. The zero-order valence-electron chi connectivity index (χ0n) is 6.15. The van der Waals surface area contributed by atoms with E-state index in [1.165, 1.54) is 11.3 Å². The Kier molecular flexibility index (Phi) is 1.75. The van der Waals surface area contributed by atoms with Gasteiger partial charge in [0.25, 0.3) is 0 Å². The van der Waals surface area contributed by atoms with Gasteiger partial charge >= 0.3 is 0 Å². The van der Waals surface area contributed by atoms with Gasteiger partial charge < -0.3 is 4.98 Å². The number of hydrogen-bond donors (Lipinski definition) is 1. The average Bonchev–Trinajstić information content (AvgIpc) is 2.56. The van der Waals surface area contributed by atoms with Crippen LogP contribution in [0, 0.1) is 0 Å². The fourth-order valence-corrected chi connectivity index (χ4v) is 1.58. The lowest BCUT2D eigenvalue weighted by Crippen LogP contribution is -2.01. The van der Waals surface area contributed by atoms with Crippen molar-refractivity contribution < 1.29 is 0 Å². The van der Waals surface area contributed by atoms with Gasteiger partial charge in [0, 0.05) is 24.0 Å². The van der Waals surface area contributed by atoms with Gasteiger partial charge in [-0.05, 0) is 6.07 Å². The molecule has 0 aliphatic heterocycles. The lowest BCUT2D eigenvalue weighted by atomic mass is 10.2. The third-order valence-corrected chi connectivity index (χ3v) is 2.31. The van der Waals surface area contributed by atoms with Crippen LogP contribution in [0.15, 0.2) is 34.8 Å². The number of H-pyrrole nitrogens is 1. The maximum absolute atomic E-state index is 10.9. The summed E-state index contributed by atoms with van der Waals surface area (Å²) in [6.07, 6.45) is 3.39. The van der Waals surface area contributed by atoms with Crippen molar-refractivity contribution in [3.63, 3.8) is 0 Å². The molecule has 0 unspecified atom stereocenters. The van der Waals surface area contributed by atoms with Gasteiger partial charge in [-0.1, -0.05) is 0 Å². The largest absolute Gasteiger partial charge is 0.329 e. The maximum atomic E-state index is 10.9. The summed E-state index contributed by atoms with van der Waals surface area (Å²) < 4.78 is 0. The Morgan fingerprint density at radius 2 is 2.42 bits per heavy atom. The van der Waals surface area contributed by atoms with Crippen LogP contribution in [0.4, 0.5) is 0 Å². The molecule has 0 aliphatic rings. The van der Waals surface area contributed by atoms with E-state index in [4.69, 9.17) is 0 Å². The minimum Gasteiger partial charge on any atom is -0.329 e. The average molecular weight is 178 g/mol. The highest BCUT2D eigenvalue weighted by atomic mass is 32.1. The van der Waals surface area contributed by atoms with Gasteiger partial charge in [0.15, 0.2) is 0 Å². The fourth-order valence-electron chi connectivity index (χ4n) is 0.956. The number of nitrogens with one attached hydrogen (secondary N) is 1. The highest BCUT2D eigenvalue weighted by Gasteiger charge is 1.97. The molecule has 0 aromatic carbocycles. The molecule has 0 fully saturated rings. The third kappa shape index (κ3) is 1.29. The monoisotopic (exact) mass is 178 g/mol. The third-order valence-electron chi connectivity index (χ3n) is 1.49. The number of hydrogen-bond acceptors (Lipinski definition) is 3. The number of aromatic amines is 1. The molecule has 0 atom stereocenters. The molecule has 2 aromatic heterocycles. The van der Waals surface area contributed by atoms with Crippen LogP contribution in [0.1, 0.15) is 0 Å². The summed E-state index contributed by atoms with van der Waals surface area (Å²) in [4.78, 5) is 18.4. The van der Waals surface area contributed by atoms with Gasteiger partial charge in [0.2, 0.25) is 5.56 Å². The Bertz CT molecular complexity index is 419. The van der Waals surface area contributed by atoms with Crippen LogP contribution in [0.25, 0.3) is 10.4 Å². The first-order valence-electron chi connectivity index (χ1n) is 3.44. The van der Waals surface area contributed by atoms with E-state index in [2.05, 4.69) is 9.97 Å². The van der Waals surface area contributed by atoms with Gasteiger partial charge in [0.05, 0.1) is 10.4 Å². The quantitative estimate of drug-likeness (QED) is 0.719. The molecule has 60 valence electrons. The zero-order chi connectivity index (χ0) is 8.39. The standard InChI is InChI=1S/C8H6N2OS/c11-8-3-6(1-2-10-8)7-4-9-5-12-7/h1-5H,(H,10,11). The lowest BCUT2D eigenvalue weighted by molar-refractivity contribution is 1.24. The van der Waals surface area contributed by atoms with Crippen LogP contribution in [0.2, 0.25) is 0 Å². The van der Waals surface area contributed by atoms with Crippen LogP contribution < -0.4 is 5.56 Å². The van der Waals surface area contributed by atoms with E-state index in [1.807, 2.05) is 6.07 Å². The van der Waals surface area contributed by atoms with Gasteiger partial charge in [-0.3, -0.25) is 9.78 Å². The second-order valence-electron chi connectivity index (χ2n) is 2.31. The Morgan fingerprint density at radius 3 is 3.08 bits per heavy atom. The van der Waals surface area contributed by atoms with Crippen molar-refractivity contribution in [2.45, 2.75) is 0 Å². The molecule has 0 saturated heterocycles. The van der Waals surface area contributed by atoms with E-state index in [9.17, 15) is 4.79 Å². The topological polar surface area (TPSA) is 45.8 Å². The van der Waals surface area contributed by atoms with Crippen molar-refractivity contribution in [1.29, 1.82) is 0 Å². The van der Waals surface area contributed by atoms with Crippen LogP contribution in [-0.2, 0) is 0 Å². The SMILES string of the molecule is O=c1cc(-c2cncs2)cc[nH]1. The normalized spacial score (nSPS) is 10.0. The molecule has 0 amide bonds. The molecule has 1 N–H and O–H groups in total. The van der Waals surface area contributed by atoms with Crippen LogP contribution in [-0.4, -0.2) is 9.97 Å². The minimum atomic E-state index is -0.0825. The Hall–Kier alpha value is -1.42. The highest BCUT2D eigenvalue weighted by Crippen LogP contribution is 2.20. The second kappa shape index (κ2) is 2.91. The number of nitrogens with zero attached hydrogens (tertiary/aromatic N) is 1. The van der Waals surface area contributed by atoms with Crippen LogP contribution >= 0.6 is 11.3 Å². The van der Waals surface area contributed by atoms with Crippen LogP contribution in [0.5, 0.6) is 0 Å². The molecule has 0 radical (unpaired) electrons. The van der Waals surface area contributed by atoms with E-state index >= 15 is 0 Å². The van der Waals surface area contributed by atoms with Gasteiger partial charge in [0.1, 0.15) is 0 Å². The first-order chi connectivity index (χ1) is 5.86. The molecule has 0 spiro atoms. The summed E-state index contributed by atoms with van der Waals surface area (Å²) in [6.45, 7) is 0. The summed E-state index contributed by atoms with van der Waals surface area (Å²) in [6, 6.07) is 3.42. The summed E-state index contributed by atoms with van der Waals surface area (Å²) in [5.74, 6) is 0. The van der Waals surface area contributed by atoms with Crippen molar-refractivity contribution in [2.75, 3.05) is 0 Å². The fraction of sp³-hybridized carbons (Fsp3) is 0. The van der Waals surface area contributed by atoms with E-state index in [-0.39, 0.29) is 5.56 Å². The molecule has 2 heterocycles. The Labute approximate surface area is 72.7 Å². The predicted molar refractivity (Wildman–Crippen MR) is 48.2 cm³/mol. The van der Waals surface area contributed by atoms with Crippen molar-refractivity contribution in [2.24, 2.45) is 0 Å². The van der Waals surface area contributed by atoms with E-state index < -0.39 is 0 Å². The first-order valence-corrected chi connectivity index (χ1v) is 4.32. The number of thiazole rings is 1. The summed E-state index contributed by atoms with van der Waals surface area (Å²) in [5.41, 5.74) is 2.58. The second-order valence-corrected chi connectivity index (χ2v) is 3.19. The lowest BCUT2D eigenvalue weighted by Gasteiger charge is -1.92. The smallest absolute Gasteiger partial charge is 0.248 e. The molecule has 12 heavy (non-hydrogen) atoms. The molecule has 0 bridgehead atoms. The maximum Gasteiger partial charge on any atom is 0.248 e. The van der Waals surface area contributed by atoms with Gasteiger partial charge in [-0.25, -0.2) is 0 Å². The molecule has 0 saturated carbocycles. The number of rotatable bonds is 1. The highest BCUT2D eigenvalue weighted by molar-refractivity contribution is 7.13. The van der Waals surface area contributed by atoms with E-state index in [0.717, 1.165) is 10.4 Å². The summed E-state index contributed by atoms with van der Waals surface area (Å²) >= 11 is 1.52. The Morgan fingerprint density at radius 1 is 1.50 bits per heavy atom. The molecule has 0 aliphatic carbocycles. The van der Waals surface area contributed by atoms with Crippen molar-refractivity contribution >= 4 is 11.3 Å². The summed E-state index contributed by atoms with van der Waals surface area (Å²) in [5, 5.41) is 0. The Balaban J connectivity index is 2.55. The van der Waals surface area contributed by atoms with E-state index in [1.54, 1.807) is 24.0 Å². The van der Waals surface area contributed by atoms with Crippen molar-refractivity contribution in [1.82, 2.24) is 9.97 Å². The molecule has 2 aromatic rings. The minimum absolute atomic E-state index is 0.0825. The van der Waals surface area contributed by atoms with Gasteiger partial charge in [-0.2, -0.15) is 0 Å². The number of aromatic nitrogens is 2. The predicted octanol–water partition coefficient (Wildman–Crippen LogP) is 1.50. The van der Waals surface area contributed by atoms with Gasteiger partial charge in [-0.15, -0.1) is 11.3 Å².